The molecule has 0 unspecified atom stereocenters. The van der Waals surface area contributed by atoms with Crippen molar-refractivity contribution in [1.82, 2.24) is 0 Å². The molecule has 1 aliphatic rings. The van der Waals surface area contributed by atoms with Gasteiger partial charge >= 0.3 is 5.97 Å². The van der Waals surface area contributed by atoms with E-state index in [9.17, 15) is 9.59 Å². The molecule has 1 fully saturated rings. The fraction of sp³-hybridized carbons (Fsp3) is 0.800. The van der Waals surface area contributed by atoms with Crippen LogP contribution in [0.4, 0.5) is 0 Å². The van der Waals surface area contributed by atoms with Crippen LogP contribution in [0.25, 0.3) is 0 Å². The van der Waals surface area contributed by atoms with E-state index in [1.807, 2.05) is 20.8 Å². The third-order valence-corrected chi connectivity index (χ3v) is 2.21. The highest BCUT2D eigenvalue weighted by molar-refractivity contribution is 5.78. The van der Waals surface area contributed by atoms with Crippen molar-refractivity contribution in [3.8, 4) is 0 Å². The first-order chi connectivity index (χ1) is 5.94. The summed E-state index contributed by atoms with van der Waals surface area (Å²) in [4.78, 5) is 21.9. The predicted octanol–water partition coefficient (Wildman–Crippen LogP) is 1.55. The molecule has 0 aromatic heterocycles. The van der Waals surface area contributed by atoms with E-state index >= 15 is 0 Å². The Bertz CT molecular complexity index is 215. The highest BCUT2D eigenvalue weighted by Gasteiger charge is 2.38. The van der Waals surface area contributed by atoms with Crippen LogP contribution in [-0.4, -0.2) is 17.9 Å². The van der Waals surface area contributed by atoms with Crippen molar-refractivity contribution < 1.29 is 14.3 Å². The van der Waals surface area contributed by atoms with Gasteiger partial charge in [-0.2, -0.15) is 0 Å². The van der Waals surface area contributed by atoms with Crippen molar-refractivity contribution in [1.29, 1.82) is 0 Å². The van der Waals surface area contributed by atoms with Crippen molar-refractivity contribution in [3.05, 3.63) is 0 Å². The standard InChI is InChI=1S/C10H16O3/c1-10(2,3)13-9(12)8-5-4-7(8)6-11/h6-8H,4-5H2,1-3H3/t7-,8-/m0/s1. The molecule has 0 bridgehead atoms. The molecule has 13 heavy (non-hydrogen) atoms. The van der Waals surface area contributed by atoms with Crippen LogP contribution in [0, 0.1) is 11.8 Å². The Hall–Kier alpha value is -0.860. The first kappa shape index (κ1) is 10.2. The Morgan fingerprint density at radius 3 is 2.31 bits per heavy atom. The van der Waals surface area contributed by atoms with Crippen LogP contribution in [0.15, 0.2) is 0 Å². The van der Waals surface area contributed by atoms with Crippen LogP contribution >= 0.6 is 0 Å². The largest absolute Gasteiger partial charge is 0.460 e. The molecule has 0 aliphatic heterocycles. The molecule has 3 nitrogen and oxygen atoms in total. The second-order valence-corrected chi connectivity index (χ2v) is 4.52. The van der Waals surface area contributed by atoms with Gasteiger partial charge < -0.3 is 9.53 Å². The number of hydrogen-bond donors (Lipinski definition) is 0. The molecule has 0 saturated heterocycles. The number of ether oxygens (including phenoxy) is 1. The van der Waals surface area contributed by atoms with E-state index in [4.69, 9.17) is 4.74 Å². The molecule has 74 valence electrons. The van der Waals surface area contributed by atoms with Crippen LogP contribution in [-0.2, 0) is 14.3 Å². The summed E-state index contributed by atoms with van der Waals surface area (Å²) in [7, 11) is 0. The van der Waals surface area contributed by atoms with Gasteiger partial charge in [-0.1, -0.05) is 0 Å². The molecule has 1 aliphatic carbocycles. The van der Waals surface area contributed by atoms with Crippen molar-refractivity contribution in [2.45, 2.75) is 39.2 Å². The molecule has 0 N–H and O–H groups in total. The molecule has 0 aromatic carbocycles. The minimum atomic E-state index is -0.444. The maximum Gasteiger partial charge on any atom is 0.310 e. The number of carbonyl (C=O) groups excluding carboxylic acids is 2. The monoisotopic (exact) mass is 184 g/mol. The Balaban J connectivity index is 2.45. The van der Waals surface area contributed by atoms with Crippen LogP contribution in [0.2, 0.25) is 0 Å². The first-order valence-corrected chi connectivity index (χ1v) is 4.62. The quantitative estimate of drug-likeness (QED) is 0.483. The molecular formula is C10H16O3. The summed E-state index contributed by atoms with van der Waals surface area (Å²) < 4.78 is 5.18. The lowest BCUT2D eigenvalue weighted by Crippen LogP contribution is -2.38. The summed E-state index contributed by atoms with van der Waals surface area (Å²) >= 11 is 0. The van der Waals surface area contributed by atoms with Crippen LogP contribution in [0.1, 0.15) is 33.6 Å². The molecule has 0 radical (unpaired) electrons. The summed E-state index contributed by atoms with van der Waals surface area (Å²) in [6.45, 7) is 5.50. The van der Waals surface area contributed by atoms with E-state index < -0.39 is 5.60 Å². The van der Waals surface area contributed by atoms with E-state index in [1.165, 1.54) is 0 Å². The lowest BCUT2D eigenvalue weighted by atomic mass is 9.74. The molecule has 0 aromatic rings. The van der Waals surface area contributed by atoms with Crippen LogP contribution in [0.3, 0.4) is 0 Å². The molecule has 1 saturated carbocycles. The number of aldehydes is 1. The van der Waals surface area contributed by atoms with Gasteiger partial charge in [-0.3, -0.25) is 4.79 Å². The van der Waals surface area contributed by atoms with Gasteiger partial charge in [0.05, 0.1) is 5.92 Å². The lowest BCUT2D eigenvalue weighted by molar-refractivity contribution is -0.167. The SMILES string of the molecule is CC(C)(C)OC(=O)[C@H]1CC[C@H]1C=O. The average Bonchev–Trinajstić information content (AvgIpc) is 1.80. The Morgan fingerprint density at radius 1 is 1.38 bits per heavy atom. The van der Waals surface area contributed by atoms with E-state index in [1.54, 1.807) is 0 Å². The number of carbonyl (C=O) groups is 2. The van der Waals surface area contributed by atoms with Crippen molar-refractivity contribution in [3.63, 3.8) is 0 Å². The number of esters is 1. The maximum absolute atomic E-state index is 11.4. The van der Waals surface area contributed by atoms with Gasteiger partial charge in [-0.05, 0) is 33.6 Å². The maximum atomic E-state index is 11.4. The molecule has 0 amide bonds. The average molecular weight is 184 g/mol. The summed E-state index contributed by atoms with van der Waals surface area (Å²) in [6.07, 6.45) is 2.48. The zero-order valence-electron chi connectivity index (χ0n) is 8.37. The van der Waals surface area contributed by atoms with Crippen molar-refractivity contribution in [2.24, 2.45) is 11.8 Å². The topological polar surface area (TPSA) is 43.4 Å². The van der Waals surface area contributed by atoms with Gasteiger partial charge in [0, 0.05) is 5.92 Å². The second kappa shape index (κ2) is 3.48. The minimum absolute atomic E-state index is 0.102. The third kappa shape index (κ3) is 2.54. The minimum Gasteiger partial charge on any atom is -0.460 e. The number of rotatable bonds is 2. The molecule has 2 atom stereocenters. The normalized spacial score (nSPS) is 27.6. The Morgan fingerprint density at radius 2 is 2.00 bits per heavy atom. The van der Waals surface area contributed by atoms with Crippen molar-refractivity contribution in [2.75, 3.05) is 0 Å². The smallest absolute Gasteiger partial charge is 0.310 e. The number of hydrogen-bond acceptors (Lipinski definition) is 3. The summed E-state index contributed by atoms with van der Waals surface area (Å²) in [5, 5.41) is 0. The van der Waals surface area contributed by atoms with Gasteiger partial charge in [0.15, 0.2) is 0 Å². The summed E-state index contributed by atoms with van der Waals surface area (Å²) in [6, 6.07) is 0. The Kier molecular flexibility index (Phi) is 2.74. The Labute approximate surface area is 78.5 Å². The van der Waals surface area contributed by atoms with Gasteiger partial charge in [-0.25, -0.2) is 0 Å². The van der Waals surface area contributed by atoms with Gasteiger partial charge in [0.25, 0.3) is 0 Å². The third-order valence-electron chi connectivity index (χ3n) is 2.21. The molecule has 0 spiro atoms. The van der Waals surface area contributed by atoms with E-state index in [-0.39, 0.29) is 17.8 Å². The van der Waals surface area contributed by atoms with E-state index in [0.717, 1.165) is 19.1 Å². The molecule has 1 rings (SSSR count). The van der Waals surface area contributed by atoms with Gasteiger partial charge in [0.2, 0.25) is 0 Å². The second-order valence-electron chi connectivity index (χ2n) is 4.52. The van der Waals surface area contributed by atoms with Crippen LogP contribution < -0.4 is 0 Å². The van der Waals surface area contributed by atoms with E-state index in [0.29, 0.717) is 0 Å². The fourth-order valence-corrected chi connectivity index (χ4v) is 1.36. The summed E-state index contributed by atoms with van der Waals surface area (Å²) in [5.41, 5.74) is -0.444. The zero-order chi connectivity index (χ0) is 10.1. The van der Waals surface area contributed by atoms with Gasteiger partial charge in [-0.15, -0.1) is 0 Å². The highest BCUT2D eigenvalue weighted by Crippen LogP contribution is 2.34. The van der Waals surface area contributed by atoms with Crippen LogP contribution in [0.5, 0.6) is 0 Å². The molecule has 3 heteroatoms. The van der Waals surface area contributed by atoms with Gasteiger partial charge in [0.1, 0.15) is 11.9 Å². The first-order valence-electron chi connectivity index (χ1n) is 4.62. The van der Waals surface area contributed by atoms with E-state index in [2.05, 4.69) is 0 Å². The lowest BCUT2D eigenvalue weighted by Gasteiger charge is -2.33. The fourth-order valence-electron chi connectivity index (χ4n) is 1.36. The highest BCUT2D eigenvalue weighted by atomic mass is 16.6. The molecule has 0 heterocycles. The zero-order valence-corrected chi connectivity index (χ0v) is 8.37. The predicted molar refractivity (Wildman–Crippen MR) is 48.1 cm³/mol. The molecular weight excluding hydrogens is 168 g/mol. The summed E-state index contributed by atoms with van der Waals surface area (Å²) in [5.74, 6) is -0.512. The van der Waals surface area contributed by atoms with Crippen molar-refractivity contribution >= 4 is 12.3 Å².